The summed E-state index contributed by atoms with van der Waals surface area (Å²) in [6.45, 7) is 0.844. The van der Waals surface area contributed by atoms with Crippen LogP contribution in [-0.4, -0.2) is 27.1 Å². The van der Waals surface area contributed by atoms with Gasteiger partial charge in [0.25, 0.3) is 0 Å². The van der Waals surface area contributed by atoms with Crippen LogP contribution in [0.1, 0.15) is 11.9 Å². The smallest absolute Gasteiger partial charge is 0.376 e. The summed E-state index contributed by atoms with van der Waals surface area (Å²) in [5, 5.41) is 0. The minimum atomic E-state index is -5.65. The molecule has 0 bridgehead atoms. The first-order chi connectivity index (χ1) is 8.79. The number of benzene rings is 1. The molecular weight excluding hydrogens is 289 g/mol. The number of hydrogen-bond acceptors (Lipinski definition) is 5. The fraction of sp³-hybridized carbons (Fsp3) is 0.400. The Morgan fingerprint density at radius 2 is 1.63 bits per heavy atom. The van der Waals surface area contributed by atoms with Gasteiger partial charge >= 0.3 is 15.6 Å². The third-order valence-electron chi connectivity index (χ3n) is 2.26. The van der Waals surface area contributed by atoms with Crippen molar-refractivity contribution in [1.29, 1.82) is 0 Å². The molecule has 0 spiro atoms. The first-order valence-electron chi connectivity index (χ1n) is 5.13. The van der Waals surface area contributed by atoms with Crippen LogP contribution in [0.4, 0.5) is 13.2 Å². The number of alkyl halides is 3. The fourth-order valence-electron chi connectivity index (χ4n) is 1.41. The lowest BCUT2D eigenvalue weighted by molar-refractivity contribution is -0.0501. The highest BCUT2D eigenvalue weighted by Gasteiger charge is 2.48. The zero-order valence-electron chi connectivity index (χ0n) is 9.38. The van der Waals surface area contributed by atoms with Crippen LogP contribution in [0.15, 0.2) is 24.3 Å². The molecule has 0 unspecified atom stereocenters. The lowest BCUT2D eigenvalue weighted by Gasteiger charge is -2.11. The molecule has 1 fully saturated rings. The van der Waals surface area contributed by atoms with Crippen LogP contribution in [0.2, 0.25) is 0 Å². The third kappa shape index (κ3) is 3.17. The summed E-state index contributed by atoms with van der Waals surface area (Å²) < 4.78 is 72.1. The van der Waals surface area contributed by atoms with Gasteiger partial charge in [0.2, 0.25) is 0 Å². The SMILES string of the molecule is O=S(=O)(Oc1ccc(C2OCCO2)cc1)C(F)(F)F. The largest absolute Gasteiger partial charge is 0.534 e. The summed E-state index contributed by atoms with van der Waals surface area (Å²) in [5.41, 5.74) is -4.89. The van der Waals surface area contributed by atoms with Crippen molar-refractivity contribution in [3.8, 4) is 5.75 Å². The predicted molar refractivity (Wildman–Crippen MR) is 56.7 cm³/mol. The summed E-state index contributed by atoms with van der Waals surface area (Å²) in [5.74, 6) is -0.431. The molecular formula is C10H9F3O5S. The van der Waals surface area contributed by atoms with Gasteiger partial charge in [-0.05, 0) is 12.1 Å². The van der Waals surface area contributed by atoms with Crippen molar-refractivity contribution < 1.29 is 35.2 Å². The molecule has 0 atom stereocenters. The van der Waals surface area contributed by atoms with Crippen molar-refractivity contribution in [2.45, 2.75) is 11.8 Å². The van der Waals surface area contributed by atoms with Crippen LogP contribution in [0.3, 0.4) is 0 Å². The second kappa shape index (κ2) is 4.99. The normalized spacial score (nSPS) is 17.6. The maximum Gasteiger partial charge on any atom is 0.534 e. The lowest BCUT2D eigenvalue weighted by Crippen LogP contribution is -2.28. The van der Waals surface area contributed by atoms with Gasteiger partial charge in [-0.2, -0.15) is 21.6 Å². The van der Waals surface area contributed by atoms with E-state index in [1.54, 1.807) is 0 Å². The molecule has 0 N–H and O–H groups in total. The van der Waals surface area contributed by atoms with Gasteiger partial charge < -0.3 is 13.7 Å². The van der Waals surface area contributed by atoms with Gasteiger partial charge in [0, 0.05) is 5.56 Å². The molecule has 1 aliphatic rings. The molecule has 5 nitrogen and oxygen atoms in total. The molecule has 0 aromatic heterocycles. The van der Waals surface area contributed by atoms with E-state index in [1.807, 2.05) is 0 Å². The van der Waals surface area contributed by atoms with E-state index in [1.165, 1.54) is 12.1 Å². The summed E-state index contributed by atoms with van der Waals surface area (Å²) >= 11 is 0. The molecule has 1 aromatic rings. The van der Waals surface area contributed by atoms with Crippen molar-refractivity contribution in [1.82, 2.24) is 0 Å². The maximum absolute atomic E-state index is 12.1. The summed E-state index contributed by atoms with van der Waals surface area (Å²) in [4.78, 5) is 0. The first-order valence-corrected chi connectivity index (χ1v) is 6.54. The van der Waals surface area contributed by atoms with E-state index < -0.39 is 27.7 Å². The quantitative estimate of drug-likeness (QED) is 0.630. The van der Waals surface area contributed by atoms with Crippen molar-refractivity contribution in [2.24, 2.45) is 0 Å². The second-order valence-corrected chi connectivity index (χ2v) is 5.16. The minimum Gasteiger partial charge on any atom is -0.376 e. The van der Waals surface area contributed by atoms with Gasteiger partial charge in [-0.1, -0.05) is 12.1 Å². The third-order valence-corrected chi connectivity index (χ3v) is 3.24. The Hall–Kier alpha value is -1.32. The Morgan fingerprint density at radius 1 is 1.11 bits per heavy atom. The van der Waals surface area contributed by atoms with Gasteiger partial charge in [-0.15, -0.1) is 0 Å². The number of hydrogen-bond donors (Lipinski definition) is 0. The van der Waals surface area contributed by atoms with E-state index in [4.69, 9.17) is 9.47 Å². The molecule has 106 valence electrons. The monoisotopic (exact) mass is 298 g/mol. The van der Waals surface area contributed by atoms with Gasteiger partial charge in [0.15, 0.2) is 6.29 Å². The van der Waals surface area contributed by atoms with E-state index in [0.29, 0.717) is 18.8 Å². The Bertz CT molecular complexity index is 531. The van der Waals surface area contributed by atoms with Gasteiger partial charge in [-0.25, -0.2) is 0 Å². The molecule has 19 heavy (non-hydrogen) atoms. The summed E-state index contributed by atoms with van der Waals surface area (Å²) in [7, 11) is -5.65. The average Bonchev–Trinajstić information content (AvgIpc) is 2.81. The molecule has 0 aliphatic carbocycles. The van der Waals surface area contributed by atoms with Gasteiger partial charge in [-0.3, -0.25) is 0 Å². The Balaban J connectivity index is 2.11. The van der Waals surface area contributed by atoms with Crippen LogP contribution in [0, 0.1) is 0 Å². The van der Waals surface area contributed by atoms with E-state index >= 15 is 0 Å². The topological polar surface area (TPSA) is 61.8 Å². The molecule has 1 heterocycles. The van der Waals surface area contributed by atoms with Crippen molar-refractivity contribution in [3.63, 3.8) is 0 Å². The summed E-state index contributed by atoms with van der Waals surface area (Å²) in [6, 6.07) is 4.95. The molecule has 1 saturated heterocycles. The minimum absolute atomic E-state index is 0.422. The van der Waals surface area contributed by atoms with Crippen LogP contribution in [0.25, 0.3) is 0 Å². The zero-order valence-corrected chi connectivity index (χ0v) is 10.2. The zero-order chi connectivity index (χ0) is 14.1. The van der Waals surface area contributed by atoms with Crippen molar-refractivity contribution in [2.75, 3.05) is 13.2 Å². The fourth-order valence-corrected chi connectivity index (χ4v) is 1.86. The van der Waals surface area contributed by atoms with Crippen LogP contribution < -0.4 is 4.18 Å². The second-order valence-electron chi connectivity index (χ2n) is 3.63. The number of ether oxygens (including phenoxy) is 2. The predicted octanol–water partition coefficient (Wildman–Crippen LogP) is 1.96. The number of halogens is 3. The highest BCUT2D eigenvalue weighted by molar-refractivity contribution is 7.87. The van der Waals surface area contributed by atoms with E-state index in [0.717, 1.165) is 12.1 Å². The molecule has 9 heteroatoms. The standard InChI is InChI=1S/C10H9F3O5S/c11-10(12,13)19(14,15)18-8-3-1-7(2-4-8)9-16-5-6-17-9/h1-4,9H,5-6H2. The Labute approximate surface area is 107 Å². The van der Waals surface area contributed by atoms with E-state index in [-0.39, 0.29) is 0 Å². The molecule has 2 rings (SSSR count). The molecule has 0 amide bonds. The van der Waals surface area contributed by atoms with Crippen LogP contribution in [0.5, 0.6) is 5.75 Å². The molecule has 1 aromatic carbocycles. The highest BCUT2D eigenvalue weighted by atomic mass is 32.2. The number of rotatable bonds is 3. The maximum atomic E-state index is 12.1. The van der Waals surface area contributed by atoms with Gasteiger partial charge in [0.05, 0.1) is 13.2 Å². The van der Waals surface area contributed by atoms with Crippen LogP contribution in [-0.2, 0) is 19.6 Å². The van der Waals surface area contributed by atoms with Gasteiger partial charge in [0.1, 0.15) is 5.75 Å². The molecule has 0 radical (unpaired) electrons. The highest BCUT2D eigenvalue weighted by Crippen LogP contribution is 2.29. The van der Waals surface area contributed by atoms with Crippen molar-refractivity contribution >= 4 is 10.1 Å². The Kier molecular flexibility index (Phi) is 3.70. The van der Waals surface area contributed by atoms with Crippen molar-refractivity contribution in [3.05, 3.63) is 29.8 Å². The lowest BCUT2D eigenvalue weighted by atomic mass is 10.2. The average molecular weight is 298 g/mol. The van der Waals surface area contributed by atoms with Crippen LogP contribution >= 0.6 is 0 Å². The van der Waals surface area contributed by atoms with E-state index in [9.17, 15) is 21.6 Å². The first kappa shape index (κ1) is 14.1. The Morgan fingerprint density at radius 3 is 2.11 bits per heavy atom. The molecule has 1 aliphatic heterocycles. The molecule has 0 saturated carbocycles. The van der Waals surface area contributed by atoms with E-state index in [2.05, 4.69) is 4.18 Å². The summed E-state index contributed by atoms with van der Waals surface area (Å²) in [6.07, 6.45) is -0.590.